The van der Waals surface area contributed by atoms with Crippen molar-refractivity contribution in [2.75, 3.05) is 4.90 Å². The van der Waals surface area contributed by atoms with Crippen molar-refractivity contribution < 1.29 is 4.42 Å². The zero-order valence-electron chi connectivity index (χ0n) is 42.9. The minimum absolute atomic E-state index is 0.0186. The number of furan rings is 1. The van der Waals surface area contributed by atoms with Crippen LogP contribution >= 0.6 is 11.3 Å². The molecule has 2 aliphatic rings. The molecule has 346 valence electrons. The Morgan fingerprint density at radius 2 is 1.19 bits per heavy atom. The summed E-state index contributed by atoms with van der Waals surface area (Å²) in [5, 5.41) is 6.37. The molecular formula is C64H65BN2OS. The van der Waals surface area contributed by atoms with Crippen LogP contribution in [0.4, 0.5) is 17.1 Å². The zero-order valence-corrected chi connectivity index (χ0v) is 43.7. The van der Waals surface area contributed by atoms with Crippen molar-refractivity contribution in [3.63, 3.8) is 0 Å². The third-order valence-corrected chi connectivity index (χ3v) is 17.3. The van der Waals surface area contributed by atoms with Crippen molar-refractivity contribution in [1.82, 2.24) is 4.98 Å². The molecule has 0 bridgehead atoms. The first-order chi connectivity index (χ1) is 32.6. The van der Waals surface area contributed by atoms with E-state index in [9.17, 15) is 0 Å². The summed E-state index contributed by atoms with van der Waals surface area (Å²) < 4.78 is 10.0. The second-order valence-corrected chi connectivity index (χ2v) is 26.0. The number of H-pyrrole nitrogens is 1. The molecule has 12 rings (SSSR count). The van der Waals surface area contributed by atoms with Crippen molar-refractivity contribution in [1.29, 1.82) is 0 Å². The van der Waals surface area contributed by atoms with Gasteiger partial charge in [0, 0.05) is 58.7 Å². The number of nitrogens with one attached hydrogen (secondary N) is 1. The molecule has 0 unspecified atom stereocenters. The number of fused-ring (bicyclic) bond motifs is 11. The lowest BCUT2D eigenvalue weighted by Gasteiger charge is -2.42. The van der Waals surface area contributed by atoms with Crippen LogP contribution in [-0.2, 0) is 27.1 Å². The van der Waals surface area contributed by atoms with E-state index in [4.69, 9.17) is 4.42 Å². The molecule has 0 spiro atoms. The molecular weight excluding hydrogens is 856 g/mol. The number of aromatic amines is 1. The van der Waals surface area contributed by atoms with Gasteiger partial charge in [0.05, 0.1) is 22.6 Å². The van der Waals surface area contributed by atoms with Crippen molar-refractivity contribution in [3.05, 3.63) is 149 Å². The lowest BCUT2D eigenvalue weighted by molar-refractivity contribution is 0.332. The van der Waals surface area contributed by atoms with Gasteiger partial charge in [-0.3, -0.25) is 0 Å². The highest BCUT2D eigenvalue weighted by Gasteiger charge is 2.41. The fourth-order valence-corrected chi connectivity index (χ4v) is 13.0. The Labute approximate surface area is 413 Å². The number of rotatable bonds is 3. The van der Waals surface area contributed by atoms with Crippen LogP contribution in [0.15, 0.2) is 126 Å². The van der Waals surface area contributed by atoms with Gasteiger partial charge in [-0.15, -0.1) is 11.3 Å². The van der Waals surface area contributed by atoms with Crippen LogP contribution in [0.5, 0.6) is 0 Å². The molecule has 69 heavy (non-hydrogen) atoms. The molecule has 1 aliphatic heterocycles. The summed E-state index contributed by atoms with van der Waals surface area (Å²) in [5.41, 5.74) is 21.0. The first-order valence-corrected chi connectivity index (χ1v) is 26.1. The number of benzene rings is 7. The summed E-state index contributed by atoms with van der Waals surface area (Å²) in [6.07, 6.45) is 2.30. The van der Waals surface area contributed by atoms with E-state index >= 15 is 0 Å². The molecule has 5 heteroatoms. The molecule has 1 N–H and O–H groups in total. The van der Waals surface area contributed by atoms with Crippen LogP contribution in [-0.4, -0.2) is 12.3 Å². The van der Waals surface area contributed by atoms with Gasteiger partial charge < -0.3 is 14.3 Å². The molecule has 3 aromatic heterocycles. The highest BCUT2D eigenvalue weighted by Crippen LogP contribution is 2.53. The lowest BCUT2D eigenvalue weighted by Crippen LogP contribution is -2.40. The van der Waals surface area contributed by atoms with Crippen LogP contribution in [0.1, 0.15) is 131 Å². The summed E-state index contributed by atoms with van der Waals surface area (Å²) in [6.45, 7) is 30.7. The minimum atomic E-state index is -0.100. The maximum Gasteiger partial charge on any atom is 0.244 e. The van der Waals surface area contributed by atoms with Crippen LogP contribution < -0.4 is 16.0 Å². The number of aromatic nitrogens is 1. The van der Waals surface area contributed by atoms with Crippen molar-refractivity contribution in [3.8, 4) is 22.3 Å². The first kappa shape index (κ1) is 44.2. The predicted molar refractivity (Wildman–Crippen MR) is 302 cm³/mol. The summed E-state index contributed by atoms with van der Waals surface area (Å²) in [7, 11) is 0.666. The van der Waals surface area contributed by atoms with Crippen LogP contribution in [0.2, 0.25) is 0 Å². The van der Waals surface area contributed by atoms with Crippen molar-refractivity contribution in [2.45, 2.75) is 130 Å². The molecule has 10 aromatic rings. The van der Waals surface area contributed by atoms with Gasteiger partial charge in [0.2, 0.25) is 7.28 Å². The monoisotopic (exact) mass is 920 g/mol. The summed E-state index contributed by atoms with van der Waals surface area (Å²) in [4.78, 5) is 6.69. The minimum Gasteiger partial charge on any atom is -0.469 e. The number of hydrogen-bond acceptors (Lipinski definition) is 3. The van der Waals surface area contributed by atoms with Crippen molar-refractivity contribution in [2.24, 2.45) is 0 Å². The Bertz CT molecular complexity index is 3760. The van der Waals surface area contributed by atoms with E-state index in [0.29, 0.717) is 7.28 Å². The fourth-order valence-electron chi connectivity index (χ4n) is 11.8. The van der Waals surface area contributed by atoms with E-state index < -0.39 is 0 Å². The van der Waals surface area contributed by atoms with E-state index in [0.717, 1.165) is 29.8 Å². The van der Waals surface area contributed by atoms with Gasteiger partial charge >= 0.3 is 0 Å². The van der Waals surface area contributed by atoms with Gasteiger partial charge in [0.15, 0.2) is 0 Å². The van der Waals surface area contributed by atoms with E-state index in [-0.39, 0.29) is 27.1 Å². The number of anilines is 3. The predicted octanol–water partition coefficient (Wildman–Crippen LogP) is 17.2. The largest absolute Gasteiger partial charge is 0.469 e. The molecule has 0 atom stereocenters. The fraction of sp³-hybridized carbons (Fsp3) is 0.312. The Morgan fingerprint density at radius 3 is 1.90 bits per heavy atom. The zero-order chi connectivity index (χ0) is 48.3. The Hall–Kier alpha value is -6.04. The number of hydrogen-bond donors (Lipinski definition) is 1. The van der Waals surface area contributed by atoms with Crippen LogP contribution in [0.3, 0.4) is 0 Å². The Kier molecular flexibility index (Phi) is 9.45. The molecule has 0 saturated heterocycles. The second kappa shape index (κ2) is 14.7. The molecule has 0 saturated carbocycles. The smallest absolute Gasteiger partial charge is 0.244 e. The maximum atomic E-state index is 7.43. The standard InChI is InChI=1S/C64H65BN2OS/c1-60(2,3)37-23-25-48-42(30-37)43-31-39(62(7,8)9)32-45(57(43)66-48)55-54-40-21-17-18-22-52(40)69-53(54)35-50-56(55)65-59-58(44-33-46-47(34-51(44)68-59)64(12,13)28-27-63(46,10)11)67(50)49-26-24-38(61(4,5)6)29-41(49)36-19-15-14-16-20-36/h14-26,29-35,65-66H,27-28H2,1-13H3. The highest BCUT2D eigenvalue weighted by molar-refractivity contribution is 7.26. The van der Waals surface area contributed by atoms with Gasteiger partial charge in [0.1, 0.15) is 5.58 Å². The number of nitrogens with zero attached hydrogens (tertiary/aromatic N) is 1. The summed E-state index contributed by atoms with van der Waals surface area (Å²) >= 11 is 1.92. The van der Waals surface area contributed by atoms with Gasteiger partial charge in [-0.05, 0) is 145 Å². The summed E-state index contributed by atoms with van der Waals surface area (Å²) in [5.74, 6) is 0. The number of thiophene rings is 1. The first-order valence-electron chi connectivity index (χ1n) is 25.3. The lowest BCUT2D eigenvalue weighted by atomic mass is 9.60. The Balaban J connectivity index is 1.25. The van der Waals surface area contributed by atoms with Gasteiger partial charge in [-0.2, -0.15) is 0 Å². The maximum absolute atomic E-state index is 7.43. The van der Waals surface area contributed by atoms with Crippen molar-refractivity contribution >= 4 is 99.7 Å². The average molecular weight is 921 g/mol. The van der Waals surface area contributed by atoms with E-state index in [1.807, 2.05) is 11.3 Å². The molecule has 4 heterocycles. The summed E-state index contributed by atoms with van der Waals surface area (Å²) in [6, 6.07) is 46.9. The molecule has 1 aliphatic carbocycles. The molecule has 0 fully saturated rings. The molecule has 3 nitrogen and oxygen atoms in total. The van der Waals surface area contributed by atoms with Gasteiger partial charge in [0.25, 0.3) is 0 Å². The topological polar surface area (TPSA) is 32.2 Å². The highest BCUT2D eigenvalue weighted by atomic mass is 32.1. The van der Waals surface area contributed by atoms with Crippen LogP contribution in [0.25, 0.3) is 75.2 Å². The van der Waals surface area contributed by atoms with Gasteiger partial charge in [-0.25, -0.2) is 0 Å². The molecule has 7 aromatic carbocycles. The van der Waals surface area contributed by atoms with E-state index in [1.165, 1.54) is 114 Å². The average Bonchev–Trinajstić information content (AvgIpc) is 3.98. The van der Waals surface area contributed by atoms with Gasteiger partial charge in [-0.1, -0.05) is 151 Å². The second-order valence-electron chi connectivity index (χ2n) is 24.9. The third kappa shape index (κ3) is 6.88. The van der Waals surface area contributed by atoms with E-state index in [2.05, 4.69) is 221 Å². The molecule has 0 radical (unpaired) electrons. The van der Waals surface area contributed by atoms with E-state index in [1.54, 1.807) is 0 Å². The Morgan fingerprint density at radius 1 is 0.565 bits per heavy atom. The normalized spacial score (nSPS) is 15.8. The third-order valence-electron chi connectivity index (χ3n) is 16.2. The molecule has 0 amide bonds. The quantitative estimate of drug-likeness (QED) is 0.179. The SMILES string of the molecule is CC(C)(C)c1ccc(N2c3cc4sc5ccccc5c4c(-c4cc(C(C)(C)C)cc5c4[nH]c4ccc(C(C)(C)C)cc45)c3Bc3oc4cc5c(cc4c32)C(C)(C)CCC5(C)C)c(-c2ccccc2)c1. The van der Waals surface area contributed by atoms with Crippen LogP contribution in [0, 0.1) is 0 Å².